The molecule has 1 unspecified atom stereocenters. The summed E-state index contributed by atoms with van der Waals surface area (Å²) in [7, 11) is 0. The van der Waals surface area contributed by atoms with Crippen molar-refractivity contribution >= 4 is 38.5 Å². The van der Waals surface area contributed by atoms with Crippen LogP contribution in [0.1, 0.15) is 28.4 Å². The van der Waals surface area contributed by atoms with Crippen molar-refractivity contribution in [3.63, 3.8) is 0 Å². The van der Waals surface area contributed by atoms with Crippen LogP contribution in [-0.4, -0.2) is 5.11 Å². The summed E-state index contributed by atoms with van der Waals surface area (Å²) in [5.41, 5.74) is 4.19. The molecule has 2 rings (SSSR count). The van der Waals surface area contributed by atoms with Gasteiger partial charge in [-0.1, -0.05) is 45.3 Å². The molecule has 3 heteroatoms. The zero-order valence-corrected chi connectivity index (χ0v) is 14.0. The average molecular weight is 417 g/mol. The van der Waals surface area contributed by atoms with E-state index in [1.54, 1.807) is 0 Å². The van der Waals surface area contributed by atoms with E-state index in [-0.39, 0.29) is 0 Å². The molecule has 1 nitrogen and oxygen atoms in total. The van der Waals surface area contributed by atoms with E-state index in [2.05, 4.69) is 44.6 Å². The molecule has 0 saturated carbocycles. The van der Waals surface area contributed by atoms with E-state index in [1.165, 1.54) is 11.1 Å². The monoisotopic (exact) mass is 416 g/mol. The van der Waals surface area contributed by atoms with E-state index >= 15 is 0 Å². The van der Waals surface area contributed by atoms with E-state index in [0.717, 1.165) is 19.2 Å². The Bertz CT molecular complexity index is 560. The molecule has 0 bridgehead atoms. The van der Waals surface area contributed by atoms with Crippen LogP contribution in [0.25, 0.3) is 0 Å². The first-order valence-electron chi connectivity index (χ1n) is 5.68. The van der Waals surface area contributed by atoms with Gasteiger partial charge in [0.15, 0.2) is 0 Å². The second kappa shape index (κ2) is 5.72. The van der Waals surface area contributed by atoms with Crippen LogP contribution in [0.4, 0.5) is 0 Å². The van der Waals surface area contributed by atoms with Gasteiger partial charge >= 0.3 is 0 Å². The third-order valence-corrected chi connectivity index (χ3v) is 4.21. The van der Waals surface area contributed by atoms with E-state index in [9.17, 15) is 5.11 Å². The lowest BCUT2D eigenvalue weighted by Gasteiger charge is -2.15. The van der Waals surface area contributed by atoms with Gasteiger partial charge in [-0.2, -0.15) is 0 Å². The van der Waals surface area contributed by atoms with Gasteiger partial charge in [-0.15, -0.1) is 0 Å². The first-order chi connectivity index (χ1) is 8.47. The second-order valence-electron chi connectivity index (χ2n) is 4.49. The molecule has 0 aliphatic heterocycles. The van der Waals surface area contributed by atoms with Crippen LogP contribution < -0.4 is 0 Å². The molecule has 2 aromatic carbocycles. The molecule has 0 aromatic heterocycles. The molecule has 94 valence electrons. The minimum Gasteiger partial charge on any atom is -0.384 e. The smallest absolute Gasteiger partial charge is 0.105 e. The number of aliphatic hydroxyl groups excluding tert-OH is 1. The van der Waals surface area contributed by atoms with Gasteiger partial charge in [-0.05, 0) is 60.2 Å². The molecule has 0 amide bonds. The van der Waals surface area contributed by atoms with Crippen molar-refractivity contribution in [2.45, 2.75) is 20.0 Å². The fraction of sp³-hybridized carbons (Fsp3) is 0.200. The minimum atomic E-state index is -0.590. The molecule has 0 heterocycles. The summed E-state index contributed by atoms with van der Waals surface area (Å²) in [5, 5.41) is 10.5. The maximum atomic E-state index is 10.5. The highest BCUT2D eigenvalue weighted by molar-refractivity contribution is 14.1. The van der Waals surface area contributed by atoms with Gasteiger partial charge in [-0.3, -0.25) is 0 Å². The summed E-state index contributed by atoms with van der Waals surface area (Å²) in [4.78, 5) is 0. The lowest BCUT2D eigenvalue weighted by atomic mass is 9.98. The van der Waals surface area contributed by atoms with Crippen LogP contribution in [0, 0.1) is 17.4 Å². The lowest BCUT2D eigenvalue weighted by molar-refractivity contribution is 0.219. The molecule has 0 radical (unpaired) electrons. The average Bonchev–Trinajstić information content (AvgIpc) is 2.30. The Morgan fingerprint density at radius 1 is 1.06 bits per heavy atom. The Hall–Kier alpha value is -0.390. The van der Waals surface area contributed by atoms with Crippen molar-refractivity contribution in [1.29, 1.82) is 0 Å². The summed E-state index contributed by atoms with van der Waals surface area (Å²) >= 11 is 5.76. The standard InChI is InChI=1S/C15H14BrIO/c1-9-5-10(2)7-11(6-9)15(18)13-8-12(17)3-4-14(13)16/h3-8,15,18H,1-2H3. The summed E-state index contributed by atoms with van der Waals surface area (Å²) in [5.74, 6) is 0. The van der Waals surface area contributed by atoms with Crippen molar-refractivity contribution in [3.8, 4) is 0 Å². The SMILES string of the molecule is Cc1cc(C)cc(C(O)c2cc(I)ccc2Br)c1. The third-order valence-electron chi connectivity index (χ3n) is 2.81. The lowest BCUT2D eigenvalue weighted by Crippen LogP contribution is -2.02. The molecule has 0 saturated heterocycles. The number of hydrogen-bond donors (Lipinski definition) is 1. The zero-order valence-electron chi connectivity index (χ0n) is 10.2. The van der Waals surface area contributed by atoms with Gasteiger partial charge in [0.25, 0.3) is 0 Å². The topological polar surface area (TPSA) is 20.2 Å². The van der Waals surface area contributed by atoms with Crippen LogP contribution in [-0.2, 0) is 0 Å². The number of halogens is 2. The summed E-state index contributed by atoms with van der Waals surface area (Å²) in [6.45, 7) is 4.10. The van der Waals surface area contributed by atoms with Crippen LogP contribution in [0.15, 0.2) is 40.9 Å². The number of aryl methyl sites for hydroxylation is 2. The van der Waals surface area contributed by atoms with Crippen LogP contribution in [0.2, 0.25) is 0 Å². The minimum absolute atomic E-state index is 0.590. The Kier molecular flexibility index (Phi) is 4.45. The van der Waals surface area contributed by atoms with Crippen LogP contribution in [0.3, 0.4) is 0 Å². The largest absolute Gasteiger partial charge is 0.384 e. The van der Waals surface area contributed by atoms with Crippen LogP contribution in [0.5, 0.6) is 0 Å². The molecule has 18 heavy (non-hydrogen) atoms. The fourth-order valence-electron chi connectivity index (χ4n) is 2.07. The molecule has 0 aliphatic rings. The molecular weight excluding hydrogens is 403 g/mol. The normalized spacial score (nSPS) is 12.5. The molecule has 0 aliphatic carbocycles. The Morgan fingerprint density at radius 2 is 1.67 bits per heavy atom. The molecule has 0 spiro atoms. The van der Waals surface area contributed by atoms with Crippen LogP contribution >= 0.6 is 38.5 Å². The quantitative estimate of drug-likeness (QED) is 0.700. The highest BCUT2D eigenvalue weighted by Crippen LogP contribution is 2.30. The number of rotatable bonds is 2. The molecule has 1 N–H and O–H groups in total. The predicted molar refractivity (Wildman–Crippen MR) is 86.8 cm³/mol. The number of aliphatic hydroxyl groups is 1. The van der Waals surface area contributed by atoms with E-state index < -0.39 is 6.10 Å². The van der Waals surface area contributed by atoms with E-state index in [1.807, 2.05) is 44.2 Å². The van der Waals surface area contributed by atoms with Crippen molar-refractivity contribution in [2.24, 2.45) is 0 Å². The first-order valence-corrected chi connectivity index (χ1v) is 7.56. The van der Waals surface area contributed by atoms with Crippen molar-refractivity contribution in [1.82, 2.24) is 0 Å². The van der Waals surface area contributed by atoms with Crippen molar-refractivity contribution < 1.29 is 5.11 Å². The van der Waals surface area contributed by atoms with Crippen molar-refractivity contribution in [2.75, 3.05) is 0 Å². The first kappa shape index (κ1) is 14.0. The fourth-order valence-corrected chi connectivity index (χ4v) is 3.05. The second-order valence-corrected chi connectivity index (χ2v) is 6.59. The van der Waals surface area contributed by atoms with Gasteiger partial charge in [-0.25, -0.2) is 0 Å². The van der Waals surface area contributed by atoms with Gasteiger partial charge in [0.1, 0.15) is 6.10 Å². The molecule has 1 atom stereocenters. The highest BCUT2D eigenvalue weighted by atomic mass is 127. The molecule has 0 fully saturated rings. The zero-order chi connectivity index (χ0) is 13.3. The van der Waals surface area contributed by atoms with Gasteiger partial charge < -0.3 is 5.11 Å². The van der Waals surface area contributed by atoms with Gasteiger partial charge in [0.2, 0.25) is 0 Å². The molecular formula is C15H14BrIO. The maximum Gasteiger partial charge on any atom is 0.105 e. The Labute approximate surface area is 130 Å². The number of benzene rings is 2. The van der Waals surface area contributed by atoms with Gasteiger partial charge in [0, 0.05) is 13.6 Å². The Morgan fingerprint density at radius 3 is 2.28 bits per heavy atom. The van der Waals surface area contributed by atoms with Gasteiger partial charge in [0.05, 0.1) is 0 Å². The summed E-state index contributed by atoms with van der Waals surface area (Å²) in [6, 6.07) is 12.2. The number of hydrogen-bond acceptors (Lipinski definition) is 1. The third kappa shape index (κ3) is 3.13. The van der Waals surface area contributed by atoms with E-state index in [0.29, 0.717) is 0 Å². The summed E-state index contributed by atoms with van der Waals surface area (Å²) < 4.78 is 2.06. The highest BCUT2D eigenvalue weighted by Gasteiger charge is 2.14. The Balaban J connectivity index is 2.47. The summed E-state index contributed by atoms with van der Waals surface area (Å²) in [6.07, 6.45) is -0.590. The predicted octanol–water partition coefficient (Wildman–Crippen LogP) is 4.75. The van der Waals surface area contributed by atoms with Crippen molar-refractivity contribution in [3.05, 3.63) is 66.7 Å². The van der Waals surface area contributed by atoms with E-state index in [4.69, 9.17) is 0 Å². The molecule has 2 aromatic rings. The maximum absolute atomic E-state index is 10.5.